The van der Waals surface area contributed by atoms with Crippen molar-refractivity contribution in [3.05, 3.63) is 18.2 Å². The number of carboxylic acid groups (broad SMARTS) is 1. The number of fused-ring (bicyclic) bond motifs is 1. The van der Waals surface area contributed by atoms with Crippen molar-refractivity contribution in [3.8, 4) is 5.75 Å². The number of sulfone groups is 1. The monoisotopic (exact) mass is 327 g/mol. The van der Waals surface area contributed by atoms with Crippen LogP contribution in [0.1, 0.15) is 26.7 Å². The molecule has 1 aliphatic heterocycles. The molecular weight excluding hydrogens is 310 g/mol. The molecule has 1 aromatic carbocycles. The van der Waals surface area contributed by atoms with Crippen molar-refractivity contribution < 1.29 is 27.9 Å². The lowest BCUT2D eigenvalue weighted by atomic mass is 9.94. The van der Waals surface area contributed by atoms with Gasteiger partial charge in [0.1, 0.15) is 5.75 Å². The molecule has 0 aromatic heterocycles. The van der Waals surface area contributed by atoms with E-state index >= 15 is 0 Å². The Kier molecular flexibility index (Phi) is 4.15. The van der Waals surface area contributed by atoms with Crippen molar-refractivity contribution in [1.82, 2.24) is 0 Å². The van der Waals surface area contributed by atoms with E-state index in [1.165, 1.54) is 18.2 Å². The summed E-state index contributed by atoms with van der Waals surface area (Å²) in [5.41, 5.74) is -0.733. The molecule has 1 heterocycles. The molecule has 1 amide bonds. The molecule has 0 radical (unpaired) electrons. The highest BCUT2D eigenvalue weighted by atomic mass is 32.2. The van der Waals surface area contributed by atoms with Gasteiger partial charge in [-0.05, 0) is 31.0 Å². The maximum atomic E-state index is 12.2. The summed E-state index contributed by atoms with van der Waals surface area (Å²) in [6.07, 6.45) is 0.960. The number of carbonyl (C=O) groups excluding carboxylic acids is 1. The fraction of sp³-hybridized carbons (Fsp3) is 0.429. The molecule has 0 bridgehead atoms. The second-order valence-electron chi connectivity index (χ2n) is 5.07. The predicted octanol–water partition coefficient (Wildman–Crippen LogP) is 1.43. The first-order valence-electron chi connectivity index (χ1n) is 6.83. The van der Waals surface area contributed by atoms with Gasteiger partial charge in [0, 0.05) is 0 Å². The van der Waals surface area contributed by atoms with Gasteiger partial charge < -0.3 is 15.2 Å². The molecule has 0 unspecified atom stereocenters. The van der Waals surface area contributed by atoms with E-state index in [1.807, 2.05) is 13.8 Å². The van der Waals surface area contributed by atoms with Crippen molar-refractivity contribution in [2.24, 2.45) is 0 Å². The van der Waals surface area contributed by atoms with Crippen LogP contribution in [-0.2, 0) is 19.4 Å². The van der Waals surface area contributed by atoms with Crippen LogP contribution < -0.4 is 10.1 Å². The largest absolute Gasteiger partial charge is 0.480 e. The molecule has 0 atom stereocenters. The summed E-state index contributed by atoms with van der Waals surface area (Å²) in [6, 6.07) is 3.94. The number of rotatable bonds is 5. The molecule has 0 spiro atoms. The van der Waals surface area contributed by atoms with Crippen LogP contribution in [0.15, 0.2) is 23.1 Å². The van der Waals surface area contributed by atoms with E-state index < -0.39 is 27.2 Å². The summed E-state index contributed by atoms with van der Waals surface area (Å²) >= 11 is 0. The third-order valence-electron chi connectivity index (χ3n) is 3.73. The van der Waals surface area contributed by atoms with Gasteiger partial charge in [0.2, 0.25) is 0 Å². The van der Waals surface area contributed by atoms with Crippen LogP contribution in [-0.4, -0.2) is 36.8 Å². The number of amides is 1. The fourth-order valence-corrected chi connectivity index (χ4v) is 3.41. The SMILES string of the molecule is CCC1(CC)Oc2ccc(S(=O)(=O)CC(=O)O)cc2NC1=O. The van der Waals surface area contributed by atoms with E-state index in [4.69, 9.17) is 9.84 Å². The van der Waals surface area contributed by atoms with Gasteiger partial charge in [-0.25, -0.2) is 8.42 Å². The summed E-state index contributed by atoms with van der Waals surface area (Å²) in [4.78, 5) is 22.6. The number of nitrogens with one attached hydrogen (secondary N) is 1. The Bertz CT molecular complexity index is 721. The number of hydrogen-bond acceptors (Lipinski definition) is 5. The van der Waals surface area contributed by atoms with Crippen molar-refractivity contribution >= 4 is 27.4 Å². The standard InChI is InChI=1S/C14H17NO6S/c1-3-14(4-2)13(18)15-10-7-9(5-6-11(10)21-14)22(19,20)8-12(16)17/h5-7H,3-4,8H2,1-2H3,(H,15,18)(H,16,17). The number of carboxylic acids is 1. The van der Waals surface area contributed by atoms with E-state index in [-0.39, 0.29) is 16.5 Å². The van der Waals surface area contributed by atoms with E-state index in [2.05, 4.69) is 5.32 Å². The molecule has 2 rings (SSSR count). The summed E-state index contributed by atoms with van der Waals surface area (Å²) in [7, 11) is -3.96. The number of hydrogen-bond donors (Lipinski definition) is 2. The molecule has 1 aromatic rings. The second kappa shape index (κ2) is 5.60. The van der Waals surface area contributed by atoms with Crippen LogP contribution >= 0.6 is 0 Å². The number of ether oxygens (including phenoxy) is 1. The minimum Gasteiger partial charge on any atom is -0.480 e. The average molecular weight is 327 g/mol. The van der Waals surface area contributed by atoms with Crippen LogP contribution in [0.5, 0.6) is 5.75 Å². The number of aliphatic carboxylic acids is 1. The molecule has 0 aliphatic carbocycles. The van der Waals surface area contributed by atoms with Gasteiger partial charge in [-0.1, -0.05) is 13.8 Å². The lowest BCUT2D eigenvalue weighted by Crippen LogP contribution is -2.49. The van der Waals surface area contributed by atoms with Crippen LogP contribution in [0.4, 0.5) is 5.69 Å². The van der Waals surface area contributed by atoms with Crippen LogP contribution in [0.3, 0.4) is 0 Å². The lowest BCUT2D eigenvalue weighted by molar-refractivity contribution is -0.134. The van der Waals surface area contributed by atoms with E-state index in [0.717, 1.165) is 0 Å². The zero-order chi connectivity index (χ0) is 16.5. The zero-order valence-electron chi connectivity index (χ0n) is 12.3. The first kappa shape index (κ1) is 16.3. The maximum Gasteiger partial charge on any atom is 0.319 e. The van der Waals surface area contributed by atoms with E-state index in [0.29, 0.717) is 18.6 Å². The van der Waals surface area contributed by atoms with Crippen LogP contribution in [0.25, 0.3) is 0 Å². The minimum atomic E-state index is -3.96. The maximum absolute atomic E-state index is 12.2. The van der Waals surface area contributed by atoms with Crippen LogP contribution in [0.2, 0.25) is 0 Å². The zero-order valence-corrected chi connectivity index (χ0v) is 13.1. The quantitative estimate of drug-likeness (QED) is 0.846. The predicted molar refractivity (Wildman–Crippen MR) is 78.7 cm³/mol. The summed E-state index contributed by atoms with van der Waals surface area (Å²) in [5.74, 6) is -2.40. The van der Waals surface area contributed by atoms with Gasteiger partial charge in [0.05, 0.1) is 10.6 Å². The molecule has 2 N–H and O–H groups in total. The summed E-state index contributed by atoms with van der Waals surface area (Å²) in [5, 5.41) is 11.3. The third-order valence-corrected chi connectivity index (χ3v) is 5.33. The van der Waals surface area contributed by atoms with Gasteiger partial charge in [0.25, 0.3) is 5.91 Å². The molecule has 0 fully saturated rings. The number of benzene rings is 1. The molecular formula is C14H17NO6S. The van der Waals surface area contributed by atoms with E-state index in [9.17, 15) is 18.0 Å². The highest BCUT2D eigenvalue weighted by Gasteiger charge is 2.41. The van der Waals surface area contributed by atoms with E-state index in [1.54, 1.807) is 0 Å². The van der Waals surface area contributed by atoms with Crippen LogP contribution in [0, 0.1) is 0 Å². The average Bonchev–Trinajstić information content (AvgIpc) is 2.44. The van der Waals surface area contributed by atoms with Gasteiger partial charge in [-0.3, -0.25) is 9.59 Å². The van der Waals surface area contributed by atoms with Gasteiger partial charge in [-0.15, -0.1) is 0 Å². The Labute approximate surface area is 128 Å². The second-order valence-corrected chi connectivity index (χ2v) is 7.06. The molecule has 1 aliphatic rings. The Morgan fingerprint density at radius 3 is 2.50 bits per heavy atom. The minimum absolute atomic E-state index is 0.168. The highest BCUT2D eigenvalue weighted by Crippen LogP contribution is 2.38. The molecule has 8 heteroatoms. The Morgan fingerprint density at radius 1 is 1.32 bits per heavy atom. The fourth-order valence-electron chi connectivity index (χ4n) is 2.34. The highest BCUT2D eigenvalue weighted by molar-refractivity contribution is 7.92. The molecule has 120 valence electrons. The number of carbonyl (C=O) groups is 2. The van der Waals surface area contributed by atoms with Gasteiger partial charge in [0.15, 0.2) is 21.2 Å². The Balaban J connectivity index is 2.41. The Hall–Kier alpha value is -2.09. The van der Waals surface area contributed by atoms with Crippen molar-refractivity contribution in [2.75, 3.05) is 11.1 Å². The lowest BCUT2D eigenvalue weighted by Gasteiger charge is -2.36. The third kappa shape index (κ3) is 2.78. The number of anilines is 1. The summed E-state index contributed by atoms with van der Waals surface area (Å²) in [6.45, 7) is 3.67. The molecule has 0 saturated heterocycles. The van der Waals surface area contributed by atoms with Crippen molar-refractivity contribution in [2.45, 2.75) is 37.2 Å². The van der Waals surface area contributed by atoms with Crippen molar-refractivity contribution in [3.63, 3.8) is 0 Å². The van der Waals surface area contributed by atoms with Gasteiger partial charge in [-0.2, -0.15) is 0 Å². The smallest absolute Gasteiger partial charge is 0.319 e. The molecule has 22 heavy (non-hydrogen) atoms. The molecule has 0 saturated carbocycles. The summed E-state index contributed by atoms with van der Waals surface area (Å²) < 4.78 is 29.6. The Morgan fingerprint density at radius 2 is 1.95 bits per heavy atom. The normalized spacial score (nSPS) is 16.4. The first-order chi connectivity index (χ1) is 10.2. The topological polar surface area (TPSA) is 110 Å². The van der Waals surface area contributed by atoms with Gasteiger partial charge >= 0.3 is 5.97 Å². The first-order valence-corrected chi connectivity index (χ1v) is 8.48. The van der Waals surface area contributed by atoms with Crippen molar-refractivity contribution in [1.29, 1.82) is 0 Å². The molecule has 7 nitrogen and oxygen atoms in total.